The quantitative estimate of drug-likeness (QED) is 0.485. The van der Waals surface area contributed by atoms with Crippen LogP contribution < -0.4 is 5.63 Å². The first-order chi connectivity index (χ1) is 14.8. The summed E-state index contributed by atoms with van der Waals surface area (Å²) in [6.45, 7) is 15.8. The third-order valence-corrected chi connectivity index (χ3v) is 8.43. The first-order valence-electron chi connectivity index (χ1n) is 11.7. The molecule has 1 aromatic heterocycles. The van der Waals surface area contributed by atoms with Gasteiger partial charge in [-0.15, -0.1) is 0 Å². The third kappa shape index (κ3) is 4.12. The summed E-state index contributed by atoms with van der Waals surface area (Å²) in [7, 11) is 0. The zero-order valence-electron chi connectivity index (χ0n) is 20.4. The maximum atomic E-state index is 12.8. The van der Waals surface area contributed by atoms with Gasteiger partial charge in [-0.3, -0.25) is 4.79 Å². The van der Waals surface area contributed by atoms with Crippen molar-refractivity contribution in [3.8, 4) is 5.75 Å². The van der Waals surface area contributed by atoms with E-state index in [2.05, 4.69) is 13.5 Å². The summed E-state index contributed by atoms with van der Waals surface area (Å²) in [6.07, 6.45) is 4.79. The van der Waals surface area contributed by atoms with Gasteiger partial charge in [0.25, 0.3) is 0 Å². The summed E-state index contributed by atoms with van der Waals surface area (Å²) in [5.41, 5.74) is 1.61. The summed E-state index contributed by atoms with van der Waals surface area (Å²) in [6, 6.07) is 0. The van der Waals surface area contributed by atoms with Gasteiger partial charge in [-0.25, -0.2) is 4.79 Å². The Balaban J connectivity index is 2.02. The fraction of sp³-hybridized carbons (Fsp3) is 0.630. The Kier molecular flexibility index (Phi) is 6.63. The minimum atomic E-state index is -0.554. The van der Waals surface area contributed by atoms with E-state index < -0.39 is 17.1 Å². The topological polar surface area (TPSA) is 87.7 Å². The van der Waals surface area contributed by atoms with Gasteiger partial charge >= 0.3 is 5.63 Å². The number of hydrogen-bond acceptors (Lipinski definition) is 5. The van der Waals surface area contributed by atoms with E-state index >= 15 is 0 Å². The highest BCUT2D eigenvalue weighted by atomic mass is 16.4. The average Bonchev–Trinajstić information content (AvgIpc) is 2.68. The van der Waals surface area contributed by atoms with Crippen LogP contribution in [0.3, 0.4) is 0 Å². The number of allylic oxidation sites excluding steroid dienone is 3. The van der Waals surface area contributed by atoms with Crippen molar-refractivity contribution >= 4 is 5.78 Å². The van der Waals surface area contributed by atoms with Crippen LogP contribution in [0.1, 0.15) is 76.7 Å². The molecule has 2 fully saturated rings. The van der Waals surface area contributed by atoms with E-state index in [1.807, 2.05) is 20.8 Å². The van der Waals surface area contributed by atoms with Crippen molar-refractivity contribution < 1.29 is 19.4 Å². The summed E-state index contributed by atoms with van der Waals surface area (Å²) in [5, 5.41) is 21.8. The van der Waals surface area contributed by atoms with Crippen molar-refractivity contribution in [2.45, 2.75) is 86.2 Å². The molecule has 0 unspecified atom stereocenters. The number of aliphatic hydroxyl groups is 1. The lowest BCUT2D eigenvalue weighted by Crippen LogP contribution is -2.57. The highest BCUT2D eigenvalue weighted by Crippen LogP contribution is 2.62. The van der Waals surface area contributed by atoms with Crippen molar-refractivity contribution in [3.05, 3.63) is 51.1 Å². The Hall–Kier alpha value is -2.14. The van der Waals surface area contributed by atoms with Crippen molar-refractivity contribution in [2.24, 2.45) is 22.7 Å². The summed E-state index contributed by atoms with van der Waals surface area (Å²) < 4.78 is 5.38. The molecule has 0 spiro atoms. The largest absolute Gasteiger partial charge is 0.507 e. The normalized spacial score (nSPS) is 32.3. The second-order valence-electron chi connectivity index (χ2n) is 10.8. The van der Waals surface area contributed by atoms with Gasteiger partial charge in [-0.2, -0.15) is 0 Å². The fourth-order valence-corrected chi connectivity index (χ4v) is 6.50. The highest BCUT2D eigenvalue weighted by Gasteiger charge is 2.58. The number of aryl methyl sites for hydroxylation is 1. The Morgan fingerprint density at radius 1 is 1.25 bits per heavy atom. The number of aromatic hydroxyl groups is 1. The minimum absolute atomic E-state index is 0.00890. The number of fused-ring (bicyclic) bond motifs is 1. The molecule has 2 saturated carbocycles. The molecule has 5 nitrogen and oxygen atoms in total. The monoisotopic (exact) mass is 442 g/mol. The van der Waals surface area contributed by atoms with Gasteiger partial charge in [0.2, 0.25) is 0 Å². The predicted molar refractivity (Wildman–Crippen MR) is 126 cm³/mol. The minimum Gasteiger partial charge on any atom is -0.507 e. The van der Waals surface area contributed by atoms with Crippen LogP contribution in [0.15, 0.2) is 33.0 Å². The molecular weight excluding hydrogens is 404 g/mol. The third-order valence-electron chi connectivity index (χ3n) is 8.43. The lowest BCUT2D eigenvalue weighted by atomic mass is 9.45. The number of carbonyl (C=O) groups is 1. The maximum absolute atomic E-state index is 12.8. The Morgan fingerprint density at radius 2 is 1.91 bits per heavy atom. The zero-order valence-corrected chi connectivity index (χ0v) is 20.4. The number of hydrogen-bond donors (Lipinski definition) is 2. The van der Waals surface area contributed by atoms with Crippen LogP contribution >= 0.6 is 0 Å². The van der Waals surface area contributed by atoms with Crippen LogP contribution in [0.4, 0.5) is 0 Å². The standard InChI is InChI=1S/C27H38O5/c1-15(2)12-19(28)14-27(7)22-9-8-16(3)21(26(22,6)11-10-23(27)29)13-20-24(30)17(4)18(5)32-25(20)31/h12,21-23,29-30H,3,8-11,13-14H2,1-2,4-7H3/t21-,22-,23+,26-,27+/m1/s1. The van der Waals surface area contributed by atoms with E-state index in [0.29, 0.717) is 36.1 Å². The van der Waals surface area contributed by atoms with Gasteiger partial charge in [0, 0.05) is 17.4 Å². The molecule has 0 aliphatic heterocycles. The molecule has 2 aliphatic rings. The SMILES string of the molecule is C=C1CC[C@@H]2[C@](C)(CC[C@H](O)[C@@]2(C)CC(=O)C=C(C)C)[C@@H]1Cc1c(O)c(C)c(C)oc1=O. The zero-order chi connectivity index (χ0) is 24.0. The Morgan fingerprint density at radius 3 is 2.53 bits per heavy atom. The molecule has 0 radical (unpaired) electrons. The van der Waals surface area contributed by atoms with E-state index in [1.54, 1.807) is 19.9 Å². The van der Waals surface area contributed by atoms with Gasteiger partial charge in [-0.05, 0) is 83.1 Å². The number of aliphatic hydroxyl groups excluding tert-OH is 1. The molecule has 2 N–H and O–H groups in total. The van der Waals surface area contributed by atoms with Crippen LogP contribution in [-0.2, 0) is 11.2 Å². The Labute approximate surface area is 191 Å². The van der Waals surface area contributed by atoms with E-state index in [9.17, 15) is 19.8 Å². The molecule has 2 aliphatic carbocycles. The van der Waals surface area contributed by atoms with Crippen LogP contribution in [0, 0.1) is 36.5 Å². The van der Waals surface area contributed by atoms with Crippen LogP contribution in [-0.4, -0.2) is 22.1 Å². The maximum Gasteiger partial charge on any atom is 0.342 e. The second-order valence-corrected chi connectivity index (χ2v) is 10.8. The fourth-order valence-electron chi connectivity index (χ4n) is 6.50. The van der Waals surface area contributed by atoms with Gasteiger partial charge in [-0.1, -0.05) is 31.6 Å². The lowest BCUT2D eigenvalue weighted by molar-refractivity contribution is -0.146. The van der Waals surface area contributed by atoms with E-state index in [4.69, 9.17) is 4.42 Å². The van der Waals surface area contributed by atoms with Gasteiger partial charge < -0.3 is 14.6 Å². The Bertz CT molecular complexity index is 1010. The van der Waals surface area contributed by atoms with Crippen LogP contribution in [0.2, 0.25) is 0 Å². The number of ketones is 1. The second kappa shape index (κ2) is 8.66. The number of rotatable bonds is 5. The van der Waals surface area contributed by atoms with Gasteiger partial charge in [0.1, 0.15) is 11.5 Å². The molecule has 32 heavy (non-hydrogen) atoms. The van der Waals surface area contributed by atoms with E-state index in [0.717, 1.165) is 30.4 Å². The van der Waals surface area contributed by atoms with Crippen molar-refractivity contribution in [1.82, 2.24) is 0 Å². The van der Waals surface area contributed by atoms with Gasteiger partial charge in [0.05, 0.1) is 11.7 Å². The first kappa shape index (κ1) is 24.5. The molecule has 3 rings (SSSR count). The van der Waals surface area contributed by atoms with Crippen molar-refractivity contribution in [3.63, 3.8) is 0 Å². The van der Waals surface area contributed by atoms with Gasteiger partial charge in [0.15, 0.2) is 5.78 Å². The molecule has 0 saturated heterocycles. The first-order valence-corrected chi connectivity index (χ1v) is 11.7. The molecule has 0 amide bonds. The number of carbonyl (C=O) groups excluding carboxylic acids is 1. The molecular formula is C27H38O5. The molecule has 5 heteroatoms. The molecule has 0 aromatic carbocycles. The molecule has 5 atom stereocenters. The molecule has 1 aromatic rings. The molecule has 176 valence electrons. The summed E-state index contributed by atoms with van der Waals surface area (Å²) >= 11 is 0. The predicted octanol–water partition coefficient (Wildman–Crippen LogP) is 5.18. The van der Waals surface area contributed by atoms with Crippen LogP contribution in [0.5, 0.6) is 5.75 Å². The van der Waals surface area contributed by atoms with Crippen molar-refractivity contribution in [1.29, 1.82) is 0 Å². The summed E-state index contributed by atoms with van der Waals surface area (Å²) in [5.74, 6) is 0.541. The van der Waals surface area contributed by atoms with Crippen molar-refractivity contribution in [2.75, 3.05) is 0 Å². The van der Waals surface area contributed by atoms with E-state index in [1.165, 1.54) is 0 Å². The lowest BCUT2D eigenvalue weighted by Gasteiger charge is -2.60. The average molecular weight is 443 g/mol. The van der Waals surface area contributed by atoms with E-state index in [-0.39, 0.29) is 28.8 Å². The van der Waals surface area contributed by atoms with Crippen LogP contribution in [0.25, 0.3) is 0 Å². The molecule has 0 bridgehead atoms. The summed E-state index contributed by atoms with van der Waals surface area (Å²) in [4.78, 5) is 25.4. The smallest absolute Gasteiger partial charge is 0.342 e. The highest BCUT2D eigenvalue weighted by molar-refractivity contribution is 5.90. The molecule has 1 heterocycles.